The topological polar surface area (TPSA) is 6.48 Å². The number of piperidine rings is 1. The van der Waals surface area contributed by atoms with Crippen LogP contribution < -0.4 is 4.90 Å². The lowest BCUT2D eigenvalue weighted by Gasteiger charge is -2.38. The fraction of sp³-hybridized carbons (Fsp3) is 0.600. The zero-order chi connectivity index (χ0) is 12.3. The zero-order valence-electron chi connectivity index (χ0n) is 11.3. The van der Waals surface area contributed by atoms with E-state index in [-0.39, 0.29) is 0 Å². The number of hydrogen-bond donors (Lipinski definition) is 0. The van der Waals surface area contributed by atoms with E-state index >= 15 is 0 Å². The lowest BCUT2D eigenvalue weighted by molar-refractivity contribution is 0.250. The molecule has 1 aromatic carbocycles. The van der Waals surface area contributed by atoms with Crippen molar-refractivity contribution in [3.8, 4) is 0 Å². The second-order valence-electron chi connectivity index (χ2n) is 5.16. The van der Waals surface area contributed by atoms with Crippen LogP contribution >= 0.6 is 0 Å². The minimum Gasteiger partial charge on any atom is -0.369 e. The molecule has 1 heterocycles. The minimum atomic E-state index is 0.721. The number of hydrogen-bond acceptors (Lipinski definition) is 2. The first-order valence-electron chi connectivity index (χ1n) is 6.72. The van der Waals surface area contributed by atoms with Crippen molar-refractivity contribution < 1.29 is 0 Å². The normalized spacial score (nSPS) is 18.3. The van der Waals surface area contributed by atoms with E-state index < -0.39 is 0 Å². The Morgan fingerprint density at radius 1 is 1.18 bits per heavy atom. The molecule has 0 aromatic heterocycles. The van der Waals surface area contributed by atoms with Crippen LogP contribution in [0.25, 0.3) is 0 Å². The number of anilines is 1. The maximum atomic E-state index is 2.56. The molecule has 0 amide bonds. The molecule has 0 aliphatic carbocycles. The van der Waals surface area contributed by atoms with E-state index in [1.807, 2.05) is 0 Å². The summed E-state index contributed by atoms with van der Waals surface area (Å²) in [6, 6.07) is 9.67. The van der Waals surface area contributed by atoms with Crippen LogP contribution in [0, 0.1) is 6.92 Å². The van der Waals surface area contributed by atoms with Crippen LogP contribution in [-0.2, 0) is 0 Å². The molecular formula is C15H24N2. The highest BCUT2D eigenvalue weighted by molar-refractivity contribution is 5.48. The molecule has 1 fully saturated rings. The van der Waals surface area contributed by atoms with E-state index in [0.29, 0.717) is 0 Å². The van der Waals surface area contributed by atoms with Crippen LogP contribution in [0.3, 0.4) is 0 Å². The first kappa shape index (κ1) is 12.4. The van der Waals surface area contributed by atoms with Gasteiger partial charge in [-0.3, -0.25) is 0 Å². The van der Waals surface area contributed by atoms with Gasteiger partial charge in [0.1, 0.15) is 0 Å². The molecule has 0 atom stereocenters. The quantitative estimate of drug-likeness (QED) is 0.790. The van der Waals surface area contributed by atoms with Gasteiger partial charge in [-0.05, 0) is 59.0 Å². The summed E-state index contributed by atoms with van der Waals surface area (Å²) in [7, 11) is 2.22. The van der Waals surface area contributed by atoms with Crippen molar-refractivity contribution in [1.29, 1.82) is 0 Å². The Balaban J connectivity index is 2.08. The minimum absolute atomic E-state index is 0.721. The summed E-state index contributed by atoms with van der Waals surface area (Å²) in [6.07, 6.45) is 2.58. The first-order valence-corrected chi connectivity index (χ1v) is 6.72. The van der Waals surface area contributed by atoms with Gasteiger partial charge in [0.15, 0.2) is 0 Å². The second-order valence-corrected chi connectivity index (χ2v) is 5.16. The van der Waals surface area contributed by atoms with Crippen molar-refractivity contribution in [3.63, 3.8) is 0 Å². The summed E-state index contributed by atoms with van der Waals surface area (Å²) in [5.41, 5.74) is 2.72. The van der Waals surface area contributed by atoms with E-state index in [1.165, 1.54) is 37.2 Å². The number of nitrogens with zero attached hydrogens (tertiary/aromatic N) is 2. The van der Waals surface area contributed by atoms with Gasteiger partial charge in [0.2, 0.25) is 0 Å². The van der Waals surface area contributed by atoms with Crippen molar-refractivity contribution in [1.82, 2.24) is 4.90 Å². The molecule has 2 nitrogen and oxygen atoms in total. The van der Waals surface area contributed by atoms with Crippen LogP contribution in [0.4, 0.5) is 5.69 Å². The molecular weight excluding hydrogens is 208 g/mol. The highest BCUT2D eigenvalue weighted by Gasteiger charge is 2.22. The Bertz CT molecular complexity index is 336. The predicted molar refractivity (Wildman–Crippen MR) is 74.7 cm³/mol. The fourth-order valence-electron chi connectivity index (χ4n) is 2.69. The third-order valence-corrected chi connectivity index (χ3v) is 3.84. The fourth-order valence-corrected chi connectivity index (χ4v) is 2.69. The summed E-state index contributed by atoms with van der Waals surface area (Å²) >= 11 is 0. The summed E-state index contributed by atoms with van der Waals surface area (Å²) in [6.45, 7) is 7.98. The Morgan fingerprint density at radius 3 is 2.29 bits per heavy atom. The van der Waals surface area contributed by atoms with Gasteiger partial charge in [-0.15, -0.1) is 0 Å². The largest absolute Gasteiger partial charge is 0.369 e. The summed E-state index contributed by atoms with van der Waals surface area (Å²) in [5.74, 6) is 0. The maximum Gasteiger partial charge on any atom is 0.0368 e. The Kier molecular flexibility index (Phi) is 4.06. The lowest BCUT2D eigenvalue weighted by Crippen LogP contribution is -2.43. The average molecular weight is 232 g/mol. The number of likely N-dealkylation sites (tertiary alicyclic amines) is 1. The number of benzene rings is 1. The van der Waals surface area contributed by atoms with Gasteiger partial charge in [-0.2, -0.15) is 0 Å². The summed E-state index contributed by atoms with van der Waals surface area (Å²) in [5, 5.41) is 0. The third-order valence-electron chi connectivity index (χ3n) is 3.84. The van der Waals surface area contributed by atoms with E-state index in [1.54, 1.807) is 0 Å². The predicted octanol–water partition coefficient (Wildman–Crippen LogP) is 2.92. The van der Waals surface area contributed by atoms with Crippen molar-refractivity contribution in [2.45, 2.75) is 32.7 Å². The van der Waals surface area contributed by atoms with Crippen LogP contribution in [0.15, 0.2) is 24.3 Å². The smallest absolute Gasteiger partial charge is 0.0368 e. The Hall–Kier alpha value is -1.02. The SMILES string of the molecule is CCN(c1ccc(C)cc1)C1CCN(C)CC1. The van der Waals surface area contributed by atoms with E-state index in [0.717, 1.165) is 12.6 Å². The van der Waals surface area contributed by atoms with Gasteiger partial charge in [-0.25, -0.2) is 0 Å². The van der Waals surface area contributed by atoms with Gasteiger partial charge >= 0.3 is 0 Å². The molecule has 0 unspecified atom stereocenters. The molecule has 17 heavy (non-hydrogen) atoms. The molecule has 0 saturated carbocycles. The zero-order valence-corrected chi connectivity index (χ0v) is 11.3. The number of rotatable bonds is 3. The molecule has 0 spiro atoms. The van der Waals surface area contributed by atoms with Gasteiger partial charge in [0.25, 0.3) is 0 Å². The molecule has 0 radical (unpaired) electrons. The Morgan fingerprint density at radius 2 is 1.76 bits per heavy atom. The van der Waals surface area contributed by atoms with Crippen LogP contribution in [0.2, 0.25) is 0 Å². The molecule has 0 bridgehead atoms. The average Bonchev–Trinajstić information content (AvgIpc) is 2.35. The molecule has 1 aliphatic rings. The van der Waals surface area contributed by atoms with Crippen molar-refractivity contribution in [2.75, 3.05) is 31.6 Å². The molecule has 1 saturated heterocycles. The lowest BCUT2D eigenvalue weighted by atomic mass is 10.0. The molecule has 1 aliphatic heterocycles. The van der Waals surface area contributed by atoms with Gasteiger partial charge in [0.05, 0.1) is 0 Å². The molecule has 2 rings (SSSR count). The highest BCUT2D eigenvalue weighted by Crippen LogP contribution is 2.23. The monoisotopic (exact) mass is 232 g/mol. The van der Waals surface area contributed by atoms with Crippen molar-refractivity contribution in [2.24, 2.45) is 0 Å². The summed E-state index contributed by atoms with van der Waals surface area (Å²) < 4.78 is 0. The van der Waals surface area contributed by atoms with E-state index in [4.69, 9.17) is 0 Å². The molecule has 2 heteroatoms. The van der Waals surface area contributed by atoms with Gasteiger partial charge in [0, 0.05) is 18.3 Å². The van der Waals surface area contributed by atoms with Crippen molar-refractivity contribution in [3.05, 3.63) is 29.8 Å². The maximum absolute atomic E-state index is 2.56. The van der Waals surface area contributed by atoms with Crippen molar-refractivity contribution >= 4 is 5.69 Å². The van der Waals surface area contributed by atoms with Gasteiger partial charge in [-0.1, -0.05) is 17.7 Å². The summed E-state index contributed by atoms with van der Waals surface area (Å²) in [4.78, 5) is 4.99. The van der Waals surface area contributed by atoms with E-state index in [9.17, 15) is 0 Å². The first-order chi connectivity index (χ1) is 8.20. The standard InChI is InChI=1S/C15H24N2/c1-4-17(14-7-5-13(2)6-8-14)15-9-11-16(3)12-10-15/h5-8,15H,4,9-12H2,1-3H3. The number of aryl methyl sites for hydroxylation is 1. The third kappa shape index (κ3) is 3.01. The highest BCUT2D eigenvalue weighted by atomic mass is 15.2. The van der Waals surface area contributed by atoms with E-state index in [2.05, 4.69) is 55.0 Å². The molecule has 1 aromatic rings. The van der Waals surface area contributed by atoms with Crippen LogP contribution in [0.5, 0.6) is 0 Å². The van der Waals surface area contributed by atoms with Gasteiger partial charge < -0.3 is 9.80 Å². The molecule has 0 N–H and O–H groups in total. The Labute approximate surface area is 105 Å². The second kappa shape index (κ2) is 5.54. The van der Waals surface area contributed by atoms with Crippen LogP contribution in [-0.4, -0.2) is 37.6 Å². The van der Waals surface area contributed by atoms with Crippen LogP contribution in [0.1, 0.15) is 25.3 Å². The molecule has 94 valence electrons.